The third-order valence-electron chi connectivity index (χ3n) is 9.53. The van der Waals surface area contributed by atoms with Crippen molar-refractivity contribution in [2.45, 2.75) is 12.8 Å². The zero-order chi connectivity index (χ0) is 39.2. The molecule has 0 saturated carbocycles. The molecule has 5 aromatic rings. The van der Waals surface area contributed by atoms with E-state index in [2.05, 4.69) is 10.3 Å². The summed E-state index contributed by atoms with van der Waals surface area (Å²) in [4.78, 5) is 57.5. The molecule has 3 aromatic carbocycles. The Morgan fingerprint density at radius 2 is 1.59 bits per heavy atom. The summed E-state index contributed by atoms with van der Waals surface area (Å²) in [7, 11) is 0. The number of carbonyl (C=O) groups excluding carboxylic acids is 4. The largest absolute Gasteiger partial charge is 0.508 e. The molecule has 0 bridgehead atoms. The van der Waals surface area contributed by atoms with Crippen molar-refractivity contribution in [1.29, 1.82) is 0 Å². The molecular formula is C41H40ClN5O9. The first-order chi connectivity index (χ1) is 27.2. The number of phenolic OH excluding ortho intramolecular Hbond substituents is 1. The number of rotatable bonds is 17. The summed E-state index contributed by atoms with van der Waals surface area (Å²) < 4.78 is 24.7. The van der Waals surface area contributed by atoms with E-state index in [0.717, 1.165) is 26.8 Å². The summed E-state index contributed by atoms with van der Waals surface area (Å²) in [5, 5.41) is 14.3. The average molecular weight is 782 g/mol. The van der Waals surface area contributed by atoms with Gasteiger partial charge >= 0.3 is 0 Å². The molecule has 56 heavy (non-hydrogen) atoms. The maximum absolute atomic E-state index is 14.2. The molecule has 0 radical (unpaired) electrons. The number of alkyl halides is 1. The molecular weight excluding hydrogens is 742 g/mol. The SMILES string of the molecule is Cc1cccc2c(OCCOCCOCCOCCN3C(=O)C=CC3=O)cc3c(c12)[C@H](CCl)CN3C(=O)c1cn2cc(NC(=O)c3ccc(O)cc3)ccc2n1. The second-order valence-electron chi connectivity index (χ2n) is 13.2. The van der Waals surface area contributed by atoms with E-state index in [9.17, 15) is 24.3 Å². The standard InChI is InChI=1S/C41H40ClN5O9/c1-26-3-2-4-31-34(56-20-19-55-18-17-54-16-15-53-14-13-46-36(49)11-12-37(46)50)21-33-39(38(26)31)28(22-42)23-47(33)41(52)32-25-45-24-29(7-10-35(45)44-32)43-40(51)27-5-8-30(48)9-6-27/h2-12,21,24-25,28,48H,13-20,22-23H2,1H3,(H,43,51)/t28-/m1/s1. The number of aromatic hydroxyl groups is 1. The highest BCUT2D eigenvalue weighted by Crippen LogP contribution is 2.47. The second-order valence-corrected chi connectivity index (χ2v) is 13.5. The molecule has 14 nitrogen and oxygen atoms in total. The lowest BCUT2D eigenvalue weighted by atomic mass is 9.92. The van der Waals surface area contributed by atoms with Gasteiger partial charge in [0.2, 0.25) is 0 Å². The van der Waals surface area contributed by atoms with E-state index in [1.807, 2.05) is 31.2 Å². The van der Waals surface area contributed by atoms with Gasteiger partial charge in [-0.3, -0.25) is 24.1 Å². The van der Waals surface area contributed by atoms with Crippen LogP contribution >= 0.6 is 11.6 Å². The normalized spacial score (nSPS) is 15.0. The van der Waals surface area contributed by atoms with Crippen molar-refractivity contribution in [3.63, 3.8) is 0 Å². The van der Waals surface area contributed by atoms with Crippen LogP contribution in [0.1, 0.15) is 37.9 Å². The number of nitrogens with one attached hydrogen (secondary N) is 1. The Kier molecular flexibility index (Phi) is 11.9. The Hall–Kier alpha value is -5.80. The van der Waals surface area contributed by atoms with Crippen LogP contribution in [0, 0.1) is 6.92 Å². The minimum atomic E-state index is -0.343. The third kappa shape index (κ3) is 8.38. The first-order valence-electron chi connectivity index (χ1n) is 18.1. The summed E-state index contributed by atoms with van der Waals surface area (Å²) in [6, 6.07) is 17.3. The van der Waals surface area contributed by atoms with Crippen molar-refractivity contribution in [2.75, 3.05) is 75.4 Å². The molecule has 0 fully saturated rings. The summed E-state index contributed by atoms with van der Waals surface area (Å²) in [5.41, 5.74) is 4.40. The van der Waals surface area contributed by atoms with Gasteiger partial charge in [-0.15, -0.1) is 11.6 Å². The lowest BCUT2D eigenvalue weighted by Gasteiger charge is -2.19. The number of imide groups is 1. The average Bonchev–Trinajstić information content (AvgIpc) is 3.89. The highest BCUT2D eigenvalue weighted by Gasteiger charge is 2.36. The monoisotopic (exact) mass is 781 g/mol. The molecule has 15 heteroatoms. The number of amides is 4. The van der Waals surface area contributed by atoms with E-state index in [1.54, 1.807) is 33.8 Å². The lowest BCUT2D eigenvalue weighted by molar-refractivity contribution is -0.137. The van der Waals surface area contributed by atoms with E-state index in [0.29, 0.717) is 73.8 Å². The molecule has 290 valence electrons. The first-order valence-corrected chi connectivity index (χ1v) is 18.7. The van der Waals surface area contributed by atoms with Gasteiger partial charge in [-0.25, -0.2) is 4.98 Å². The number of anilines is 2. The lowest BCUT2D eigenvalue weighted by Crippen LogP contribution is -2.33. The number of fused-ring (bicyclic) bond motifs is 4. The van der Waals surface area contributed by atoms with Crippen molar-refractivity contribution in [3.05, 3.63) is 108 Å². The zero-order valence-electron chi connectivity index (χ0n) is 30.6. The van der Waals surface area contributed by atoms with Crippen LogP contribution in [0.25, 0.3) is 16.4 Å². The second kappa shape index (κ2) is 17.3. The van der Waals surface area contributed by atoms with Gasteiger partial charge in [-0.2, -0.15) is 0 Å². The fraction of sp³-hybridized carbons (Fsp3) is 0.293. The summed E-state index contributed by atoms with van der Waals surface area (Å²) >= 11 is 6.54. The van der Waals surface area contributed by atoms with Crippen LogP contribution in [-0.4, -0.2) is 108 Å². The fourth-order valence-corrected chi connectivity index (χ4v) is 7.06. The molecule has 0 unspecified atom stereocenters. The van der Waals surface area contributed by atoms with E-state index in [1.165, 1.54) is 36.4 Å². The van der Waals surface area contributed by atoms with Gasteiger partial charge < -0.3 is 38.7 Å². The number of hydrogen-bond donors (Lipinski definition) is 2. The molecule has 0 spiro atoms. The number of phenols is 1. The maximum atomic E-state index is 14.2. The van der Waals surface area contributed by atoms with Crippen LogP contribution in [0.4, 0.5) is 11.4 Å². The molecule has 2 N–H and O–H groups in total. The molecule has 0 aliphatic carbocycles. The van der Waals surface area contributed by atoms with Crippen LogP contribution in [0.3, 0.4) is 0 Å². The van der Waals surface area contributed by atoms with Crippen molar-refractivity contribution in [2.24, 2.45) is 0 Å². The summed E-state index contributed by atoms with van der Waals surface area (Å²) in [5.74, 6) is -0.416. The molecule has 2 aliphatic heterocycles. The number of pyridine rings is 1. The van der Waals surface area contributed by atoms with Crippen LogP contribution in [0.15, 0.2) is 85.2 Å². The number of imidazole rings is 1. The molecule has 7 rings (SSSR count). The Morgan fingerprint density at radius 1 is 0.893 bits per heavy atom. The van der Waals surface area contributed by atoms with E-state index in [-0.39, 0.29) is 60.7 Å². The Labute approximate surface area is 327 Å². The quantitative estimate of drug-likeness (QED) is 0.0739. The number of halogens is 1. The minimum absolute atomic E-state index is 0.0672. The van der Waals surface area contributed by atoms with Crippen LogP contribution in [0.5, 0.6) is 11.5 Å². The number of benzene rings is 3. The molecule has 1 atom stereocenters. The third-order valence-corrected chi connectivity index (χ3v) is 9.90. The Morgan fingerprint density at radius 3 is 2.30 bits per heavy atom. The fourth-order valence-electron chi connectivity index (χ4n) is 6.81. The summed E-state index contributed by atoms with van der Waals surface area (Å²) in [6.45, 7) is 4.77. The van der Waals surface area contributed by atoms with Crippen molar-refractivity contribution >= 4 is 63.0 Å². The number of carbonyl (C=O) groups is 4. The van der Waals surface area contributed by atoms with E-state index in [4.69, 9.17) is 30.5 Å². The number of aromatic nitrogens is 2. The van der Waals surface area contributed by atoms with Crippen LogP contribution in [0.2, 0.25) is 0 Å². The first kappa shape index (κ1) is 38.5. The van der Waals surface area contributed by atoms with E-state index < -0.39 is 0 Å². The van der Waals surface area contributed by atoms with Gasteiger partial charge in [0.15, 0.2) is 0 Å². The van der Waals surface area contributed by atoms with Gasteiger partial charge in [-0.05, 0) is 59.8 Å². The van der Waals surface area contributed by atoms with Crippen molar-refractivity contribution < 1.29 is 43.2 Å². The Bertz CT molecular complexity index is 2290. The molecule has 2 aliphatic rings. The van der Waals surface area contributed by atoms with Gasteiger partial charge in [0, 0.05) is 59.9 Å². The number of ether oxygens (including phenoxy) is 4. The zero-order valence-corrected chi connectivity index (χ0v) is 31.4. The Balaban J connectivity index is 0.966. The van der Waals surface area contributed by atoms with Gasteiger partial charge in [0.05, 0.1) is 57.6 Å². The predicted molar refractivity (Wildman–Crippen MR) is 209 cm³/mol. The highest BCUT2D eigenvalue weighted by molar-refractivity contribution is 6.19. The highest BCUT2D eigenvalue weighted by atomic mass is 35.5. The van der Waals surface area contributed by atoms with Gasteiger partial charge in [0.25, 0.3) is 23.6 Å². The topological polar surface area (TPSA) is 161 Å². The number of aryl methyl sites for hydroxylation is 1. The predicted octanol–water partition coefficient (Wildman–Crippen LogP) is 5.09. The number of hydrogen-bond acceptors (Lipinski definition) is 10. The molecule has 4 heterocycles. The molecule has 0 saturated heterocycles. The smallest absolute Gasteiger partial charge is 0.278 e. The van der Waals surface area contributed by atoms with Gasteiger partial charge in [-0.1, -0.05) is 18.2 Å². The van der Waals surface area contributed by atoms with Gasteiger partial charge in [0.1, 0.15) is 29.4 Å². The number of nitrogens with zero attached hydrogens (tertiary/aromatic N) is 4. The van der Waals surface area contributed by atoms with Crippen molar-refractivity contribution in [1.82, 2.24) is 14.3 Å². The van der Waals surface area contributed by atoms with Crippen LogP contribution in [-0.2, 0) is 23.8 Å². The molecule has 4 amide bonds. The maximum Gasteiger partial charge on any atom is 0.278 e. The summed E-state index contributed by atoms with van der Waals surface area (Å²) in [6.07, 6.45) is 5.82. The minimum Gasteiger partial charge on any atom is -0.508 e. The van der Waals surface area contributed by atoms with Crippen molar-refractivity contribution in [3.8, 4) is 11.5 Å². The van der Waals surface area contributed by atoms with Crippen LogP contribution < -0.4 is 15.0 Å². The molecule has 2 aromatic heterocycles. The van der Waals surface area contributed by atoms with E-state index >= 15 is 0 Å².